The van der Waals surface area contributed by atoms with E-state index in [1.807, 2.05) is 25.7 Å². The third kappa shape index (κ3) is 6.05. The highest BCUT2D eigenvalue weighted by molar-refractivity contribution is 6.09. The molecule has 1 aromatic rings. The lowest BCUT2D eigenvalue weighted by molar-refractivity contribution is -0.135. The van der Waals surface area contributed by atoms with Crippen molar-refractivity contribution in [2.45, 2.75) is 58.5 Å². The Morgan fingerprint density at radius 3 is 2.52 bits per heavy atom. The number of halogens is 2. The van der Waals surface area contributed by atoms with E-state index in [2.05, 4.69) is 5.32 Å². The third-order valence-electron chi connectivity index (χ3n) is 5.86. The molecule has 1 saturated carbocycles. The van der Waals surface area contributed by atoms with E-state index in [9.17, 15) is 23.2 Å². The molecule has 8 nitrogen and oxygen atoms in total. The molecule has 0 bridgehead atoms. The van der Waals surface area contributed by atoms with Gasteiger partial charge in [0.1, 0.15) is 6.61 Å². The summed E-state index contributed by atoms with van der Waals surface area (Å²) in [4.78, 5) is 40.6. The van der Waals surface area contributed by atoms with Crippen molar-refractivity contribution < 1.29 is 27.9 Å². The molecule has 1 atom stereocenters. The summed E-state index contributed by atoms with van der Waals surface area (Å²) in [5, 5.41) is 2.59. The Kier molecular flexibility index (Phi) is 7.69. The second-order valence-electron chi connectivity index (χ2n) is 9.78. The molecule has 1 saturated heterocycles. The van der Waals surface area contributed by atoms with Crippen molar-refractivity contribution in [3.8, 4) is 0 Å². The quantitative estimate of drug-likeness (QED) is 0.573. The van der Waals surface area contributed by atoms with Gasteiger partial charge in [0.25, 0.3) is 18.2 Å². The molecule has 10 heteroatoms. The van der Waals surface area contributed by atoms with Crippen molar-refractivity contribution in [1.29, 1.82) is 0 Å². The number of alkyl halides is 2. The lowest BCUT2D eigenvalue weighted by Gasteiger charge is -2.43. The van der Waals surface area contributed by atoms with E-state index in [0.29, 0.717) is 6.54 Å². The van der Waals surface area contributed by atoms with E-state index in [0.717, 1.165) is 25.3 Å². The van der Waals surface area contributed by atoms with Crippen LogP contribution in [0.5, 0.6) is 0 Å². The number of rotatable bonds is 8. The van der Waals surface area contributed by atoms with Crippen molar-refractivity contribution >= 4 is 29.1 Å². The molecule has 1 aliphatic heterocycles. The van der Waals surface area contributed by atoms with Crippen LogP contribution in [0.3, 0.4) is 0 Å². The Bertz CT molecular complexity index is 899. The predicted molar refractivity (Wildman–Crippen MR) is 120 cm³/mol. The first-order chi connectivity index (χ1) is 15.5. The molecule has 33 heavy (non-hydrogen) atoms. The molecule has 0 aromatic heterocycles. The number of hydrogen-bond donors (Lipinski definition) is 2. The molecule has 1 heterocycles. The Labute approximate surface area is 192 Å². The SMILES string of the molecule is CC(C)(C)CN(C1CCC1)[C@@H](C(N)=O)C(=O)Nc1ccc(N2CCOCC2=O)c(C(F)F)c1. The Hall–Kier alpha value is -2.59. The number of carbonyl (C=O) groups is 3. The standard InChI is InChI=1S/C23H32F2N4O4/c1-23(2,3)13-29(15-5-4-6-15)19(21(26)31)22(32)27-14-7-8-17(16(11-14)20(24)25)28-9-10-33-12-18(28)30/h7-8,11,15,19-20H,4-6,9-10,12-13H2,1-3H3,(H2,26,31)(H,27,32)/t19-/m0/s1. The molecule has 182 valence electrons. The highest BCUT2D eigenvalue weighted by Crippen LogP contribution is 2.34. The molecule has 0 unspecified atom stereocenters. The average Bonchev–Trinajstić information content (AvgIpc) is 2.65. The number of anilines is 2. The first-order valence-corrected chi connectivity index (χ1v) is 11.1. The second-order valence-corrected chi connectivity index (χ2v) is 9.78. The minimum atomic E-state index is -2.87. The third-order valence-corrected chi connectivity index (χ3v) is 5.86. The van der Waals surface area contributed by atoms with Gasteiger partial charge in [0.05, 0.1) is 12.3 Å². The van der Waals surface area contributed by atoms with Crippen LogP contribution in [0, 0.1) is 5.41 Å². The summed E-state index contributed by atoms with van der Waals surface area (Å²) in [6, 6.07) is 2.80. The summed E-state index contributed by atoms with van der Waals surface area (Å²) in [5.41, 5.74) is 5.24. The van der Waals surface area contributed by atoms with Crippen LogP contribution in [0.25, 0.3) is 0 Å². The van der Waals surface area contributed by atoms with Crippen molar-refractivity contribution in [3.63, 3.8) is 0 Å². The molecule has 1 aliphatic carbocycles. The fourth-order valence-corrected chi connectivity index (χ4v) is 4.18. The molecular formula is C23H32F2N4O4. The smallest absolute Gasteiger partial charge is 0.265 e. The van der Waals surface area contributed by atoms with Gasteiger partial charge in [-0.2, -0.15) is 0 Å². The minimum Gasteiger partial charge on any atom is -0.370 e. The topological polar surface area (TPSA) is 105 Å². The zero-order valence-corrected chi connectivity index (χ0v) is 19.3. The van der Waals surface area contributed by atoms with Crippen LogP contribution in [0.1, 0.15) is 52.0 Å². The van der Waals surface area contributed by atoms with Crippen LogP contribution in [0.4, 0.5) is 20.2 Å². The van der Waals surface area contributed by atoms with Gasteiger partial charge >= 0.3 is 0 Å². The maximum Gasteiger partial charge on any atom is 0.265 e. The molecular weight excluding hydrogens is 434 g/mol. The van der Waals surface area contributed by atoms with Crippen molar-refractivity contribution in [1.82, 2.24) is 4.90 Å². The minimum absolute atomic E-state index is 0.0683. The average molecular weight is 467 g/mol. The van der Waals surface area contributed by atoms with E-state index >= 15 is 0 Å². The maximum absolute atomic E-state index is 13.8. The second kappa shape index (κ2) is 10.1. The molecule has 2 fully saturated rings. The summed E-state index contributed by atoms with van der Waals surface area (Å²) >= 11 is 0. The molecule has 0 radical (unpaired) electrons. The molecule has 0 spiro atoms. The van der Waals surface area contributed by atoms with Gasteiger partial charge in [-0.25, -0.2) is 8.78 Å². The van der Waals surface area contributed by atoms with Gasteiger partial charge in [-0.3, -0.25) is 19.3 Å². The fourth-order valence-electron chi connectivity index (χ4n) is 4.18. The zero-order valence-electron chi connectivity index (χ0n) is 19.3. The Morgan fingerprint density at radius 2 is 2.00 bits per heavy atom. The lowest BCUT2D eigenvalue weighted by Crippen LogP contribution is -2.59. The Balaban J connectivity index is 1.85. The van der Waals surface area contributed by atoms with Gasteiger partial charge in [-0.1, -0.05) is 27.2 Å². The predicted octanol–water partition coefficient (Wildman–Crippen LogP) is 2.68. The van der Waals surface area contributed by atoms with Crippen LogP contribution in [0.2, 0.25) is 0 Å². The van der Waals surface area contributed by atoms with Crippen LogP contribution < -0.4 is 16.0 Å². The highest BCUT2D eigenvalue weighted by Gasteiger charge is 2.40. The van der Waals surface area contributed by atoms with E-state index < -0.39 is 30.2 Å². The van der Waals surface area contributed by atoms with E-state index in [1.165, 1.54) is 17.0 Å². The van der Waals surface area contributed by atoms with Crippen LogP contribution in [0.15, 0.2) is 18.2 Å². The maximum atomic E-state index is 13.8. The number of carbonyl (C=O) groups excluding carboxylic acids is 3. The van der Waals surface area contributed by atoms with Crippen LogP contribution >= 0.6 is 0 Å². The number of nitrogens with one attached hydrogen (secondary N) is 1. The molecule has 3 amide bonds. The van der Waals surface area contributed by atoms with Gasteiger partial charge in [-0.15, -0.1) is 0 Å². The van der Waals surface area contributed by atoms with E-state index in [-0.39, 0.29) is 48.2 Å². The first-order valence-electron chi connectivity index (χ1n) is 11.1. The number of hydrogen-bond acceptors (Lipinski definition) is 5. The molecule has 3 rings (SSSR count). The zero-order chi connectivity index (χ0) is 24.3. The van der Waals surface area contributed by atoms with Crippen molar-refractivity contribution in [3.05, 3.63) is 23.8 Å². The molecule has 3 N–H and O–H groups in total. The van der Waals surface area contributed by atoms with Gasteiger partial charge < -0.3 is 20.7 Å². The lowest BCUT2D eigenvalue weighted by atomic mass is 9.86. The van der Waals surface area contributed by atoms with Gasteiger partial charge in [-0.05, 0) is 36.5 Å². The van der Waals surface area contributed by atoms with E-state index in [4.69, 9.17) is 10.5 Å². The number of ether oxygens (including phenoxy) is 1. The Morgan fingerprint density at radius 1 is 1.30 bits per heavy atom. The number of nitrogens with two attached hydrogens (primary N) is 1. The number of nitrogens with zero attached hydrogens (tertiary/aromatic N) is 2. The normalized spacial score (nSPS) is 18.4. The van der Waals surface area contributed by atoms with Gasteiger partial charge in [0, 0.05) is 30.4 Å². The number of benzene rings is 1. The van der Waals surface area contributed by atoms with Crippen LogP contribution in [-0.2, 0) is 19.1 Å². The van der Waals surface area contributed by atoms with Gasteiger partial charge in [0.2, 0.25) is 5.91 Å². The summed E-state index contributed by atoms with van der Waals surface area (Å²) in [6.07, 6.45) is -0.125. The summed E-state index contributed by atoms with van der Waals surface area (Å²) in [7, 11) is 0. The highest BCUT2D eigenvalue weighted by atomic mass is 19.3. The number of amides is 3. The van der Waals surface area contributed by atoms with Crippen molar-refractivity contribution in [2.75, 3.05) is 36.5 Å². The number of morpholine rings is 1. The van der Waals surface area contributed by atoms with E-state index in [1.54, 1.807) is 0 Å². The van der Waals surface area contributed by atoms with Crippen LogP contribution in [-0.4, -0.2) is 61.0 Å². The summed E-state index contributed by atoms with van der Waals surface area (Å²) in [5.74, 6) is -1.85. The summed E-state index contributed by atoms with van der Waals surface area (Å²) in [6.45, 7) is 6.75. The number of primary amides is 1. The van der Waals surface area contributed by atoms with Crippen molar-refractivity contribution in [2.24, 2.45) is 11.1 Å². The largest absolute Gasteiger partial charge is 0.370 e. The summed E-state index contributed by atoms with van der Waals surface area (Å²) < 4.78 is 32.7. The fraction of sp³-hybridized carbons (Fsp3) is 0.609. The molecule has 2 aliphatic rings. The van der Waals surface area contributed by atoms with Gasteiger partial charge in [0.15, 0.2) is 6.04 Å². The molecule has 1 aromatic carbocycles. The first kappa shape index (κ1) is 25.0. The monoisotopic (exact) mass is 466 g/mol.